The number of rotatable bonds is 7. The number of hydrogen-bond acceptors (Lipinski definition) is 5. The third-order valence-corrected chi connectivity index (χ3v) is 5.39. The number of phosphoric ester groups is 1. The number of carbonyl (C=O) groups is 2. The van der Waals surface area contributed by atoms with Crippen LogP contribution in [0.15, 0.2) is 24.3 Å². The van der Waals surface area contributed by atoms with Crippen molar-refractivity contribution >= 4 is 20.1 Å². The maximum Gasteiger partial charge on any atom is 1.00 e. The summed E-state index contributed by atoms with van der Waals surface area (Å²) in [5.41, 5.74) is 0.473. The number of nitrogens with one attached hydrogen (secondary N) is 1. The molecule has 1 heterocycles. The number of terminal acetylenes is 1. The topological polar surface area (TPSA) is 170 Å². The van der Waals surface area contributed by atoms with Crippen LogP contribution in [0.25, 0.3) is 6.15 Å². The molecule has 10 nitrogen and oxygen atoms in total. The summed E-state index contributed by atoms with van der Waals surface area (Å²) in [5, 5.41) is 12.5. The van der Waals surface area contributed by atoms with Crippen LogP contribution in [-0.4, -0.2) is 56.9 Å². The summed E-state index contributed by atoms with van der Waals surface area (Å²) in [5.74, 6) is 2.52. The van der Waals surface area contributed by atoms with Crippen LogP contribution >= 0.6 is 7.82 Å². The SMILES string of the molecule is C#Cc1ccc(C(NC=O)C(C)(C)O)cc1.CC.CC(C)(C)CC(=O)N1CCC(OP(=O)(O)O)C1.[K+].[NH2-]. The van der Waals surface area contributed by atoms with E-state index in [1.54, 1.807) is 43.0 Å². The van der Waals surface area contributed by atoms with E-state index >= 15 is 0 Å². The van der Waals surface area contributed by atoms with Gasteiger partial charge in [0.15, 0.2) is 0 Å². The Labute approximate surface area is 264 Å². The van der Waals surface area contributed by atoms with Gasteiger partial charge in [0.2, 0.25) is 12.3 Å². The number of benzene rings is 1. The van der Waals surface area contributed by atoms with Crippen LogP contribution in [0.4, 0.5) is 0 Å². The molecule has 1 saturated heterocycles. The minimum Gasteiger partial charge on any atom is -0.693 e. The summed E-state index contributed by atoms with van der Waals surface area (Å²) < 4.78 is 15.2. The van der Waals surface area contributed by atoms with E-state index in [-0.39, 0.29) is 75.4 Å². The molecule has 2 unspecified atom stereocenters. The first-order valence-electron chi connectivity index (χ1n) is 11.6. The molecule has 1 fully saturated rings. The molecular weight excluding hydrogens is 524 g/mol. The normalized spacial score (nSPS) is 15.7. The molecule has 0 spiro atoms. The summed E-state index contributed by atoms with van der Waals surface area (Å²) >= 11 is 0. The molecule has 6 N–H and O–H groups in total. The number of nitrogens with two attached hydrogens (primary N) is 1. The first-order chi connectivity index (χ1) is 16.1. The molecule has 12 heteroatoms. The molecule has 0 aliphatic carbocycles. The second-order valence-electron chi connectivity index (χ2n) is 9.72. The largest absolute Gasteiger partial charge is 1.00 e. The van der Waals surface area contributed by atoms with Gasteiger partial charge in [-0.1, -0.05) is 52.7 Å². The van der Waals surface area contributed by atoms with Crippen LogP contribution in [0.1, 0.15) is 78.5 Å². The van der Waals surface area contributed by atoms with E-state index in [2.05, 4.69) is 15.8 Å². The fourth-order valence-corrected chi connectivity index (χ4v) is 3.91. The molecule has 1 aromatic carbocycles. The molecule has 0 radical (unpaired) electrons. The Kier molecular flexibility index (Phi) is 20.6. The Hall–Kier alpha value is -0.614. The smallest absolute Gasteiger partial charge is 0.693 e. The fraction of sp³-hybridized carbons (Fsp3) is 0.600. The zero-order valence-corrected chi connectivity index (χ0v) is 27.4. The van der Waals surface area contributed by atoms with E-state index in [1.165, 1.54) is 0 Å². The van der Waals surface area contributed by atoms with Crippen LogP contribution in [0, 0.1) is 17.8 Å². The Bertz CT molecular complexity index is 888. The minimum atomic E-state index is -4.45. The van der Waals surface area contributed by atoms with E-state index < -0.39 is 25.6 Å². The van der Waals surface area contributed by atoms with Gasteiger partial charge in [0.05, 0.1) is 17.7 Å². The molecule has 0 bridgehead atoms. The fourth-order valence-electron chi connectivity index (χ4n) is 3.35. The summed E-state index contributed by atoms with van der Waals surface area (Å²) in [4.78, 5) is 41.3. The molecule has 1 aliphatic rings. The number of hydrogen-bond donors (Lipinski definition) is 4. The van der Waals surface area contributed by atoms with Crippen LogP contribution < -0.4 is 56.7 Å². The van der Waals surface area contributed by atoms with Gasteiger partial charge in [0, 0.05) is 25.1 Å². The van der Waals surface area contributed by atoms with E-state index in [4.69, 9.17) is 16.2 Å². The van der Waals surface area contributed by atoms with Crippen molar-refractivity contribution in [3.8, 4) is 12.3 Å². The van der Waals surface area contributed by atoms with E-state index in [1.807, 2.05) is 34.6 Å². The third kappa shape index (κ3) is 17.6. The molecule has 37 heavy (non-hydrogen) atoms. The number of carbonyl (C=O) groups excluding carboxylic acids is 2. The van der Waals surface area contributed by atoms with Gasteiger partial charge in [-0.3, -0.25) is 14.1 Å². The van der Waals surface area contributed by atoms with Crippen molar-refractivity contribution in [1.82, 2.24) is 10.2 Å². The number of likely N-dealkylation sites (tertiary alicyclic amines) is 1. The van der Waals surface area contributed by atoms with Gasteiger partial charge in [0.1, 0.15) is 0 Å². The van der Waals surface area contributed by atoms with Crippen LogP contribution in [-0.2, 0) is 18.7 Å². The first-order valence-corrected chi connectivity index (χ1v) is 13.1. The minimum absolute atomic E-state index is 0. The van der Waals surface area contributed by atoms with Crippen molar-refractivity contribution in [3.05, 3.63) is 41.5 Å². The Morgan fingerprint density at radius 1 is 1.24 bits per heavy atom. The number of amides is 2. The maximum atomic E-state index is 11.8. The second-order valence-corrected chi connectivity index (χ2v) is 10.9. The van der Waals surface area contributed by atoms with Crippen molar-refractivity contribution < 1.29 is 85.0 Å². The summed E-state index contributed by atoms with van der Waals surface area (Å²) in [7, 11) is -4.45. The van der Waals surface area contributed by atoms with Gasteiger partial charge < -0.3 is 31.3 Å². The summed E-state index contributed by atoms with van der Waals surface area (Å²) in [6.07, 6.45) is 6.17. The molecule has 2 rings (SSSR count). The van der Waals surface area contributed by atoms with Gasteiger partial charge in [-0.25, -0.2) is 4.57 Å². The number of phosphoric acid groups is 1. The van der Waals surface area contributed by atoms with Crippen molar-refractivity contribution in [2.24, 2.45) is 5.41 Å². The molecule has 2 amide bonds. The van der Waals surface area contributed by atoms with Crippen molar-refractivity contribution in [2.45, 2.75) is 79.1 Å². The molecule has 206 valence electrons. The quantitative estimate of drug-likeness (QED) is 0.165. The molecular formula is C25H43KN3O7P. The molecule has 2 atom stereocenters. The zero-order valence-electron chi connectivity index (χ0n) is 23.4. The van der Waals surface area contributed by atoms with Crippen molar-refractivity contribution in [2.75, 3.05) is 13.1 Å². The average Bonchev–Trinajstić information content (AvgIpc) is 3.19. The van der Waals surface area contributed by atoms with Crippen LogP contribution in [0.5, 0.6) is 0 Å². The summed E-state index contributed by atoms with van der Waals surface area (Å²) in [6.45, 7) is 14.0. The third-order valence-electron chi connectivity index (χ3n) is 4.82. The molecule has 1 aromatic rings. The van der Waals surface area contributed by atoms with E-state index in [0.717, 1.165) is 11.1 Å². The van der Waals surface area contributed by atoms with Gasteiger partial charge in [0.25, 0.3) is 0 Å². The standard InChI is InChI=1S/C13H15NO2.C10H20NO5P.C2H6.K.H2N/c1-4-10-5-7-11(8-6-10)12(14-9-15)13(2,3)16;1-10(2,3)6-9(12)11-5-4-8(7-11)16-17(13,14)15;1-2;;/h1,5-9,12,16H,2-3H3,(H,14,15);8H,4-7H2,1-3H3,(H2,13,14,15);1-2H3;;1H2/q;;;+1;-1. The number of nitrogens with zero attached hydrogens (tertiary/aromatic N) is 1. The van der Waals surface area contributed by atoms with Crippen LogP contribution in [0.2, 0.25) is 0 Å². The van der Waals surface area contributed by atoms with Gasteiger partial charge in [-0.15, -0.1) is 6.42 Å². The second kappa shape index (κ2) is 18.6. The Morgan fingerprint density at radius 3 is 2.14 bits per heavy atom. The monoisotopic (exact) mass is 567 g/mol. The van der Waals surface area contributed by atoms with Crippen molar-refractivity contribution in [3.63, 3.8) is 0 Å². The molecule has 0 saturated carbocycles. The Balaban J connectivity index is -0.000000558. The Morgan fingerprint density at radius 2 is 1.76 bits per heavy atom. The number of aliphatic hydroxyl groups is 1. The maximum absolute atomic E-state index is 11.8. The van der Waals surface area contributed by atoms with Crippen LogP contribution in [0.3, 0.4) is 0 Å². The van der Waals surface area contributed by atoms with Gasteiger partial charge in [-0.2, -0.15) is 0 Å². The molecule has 1 aliphatic heterocycles. The van der Waals surface area contributed by atoms with E-state index in [0.29, 0.717) is 25.8 Å². The first kappa shape index (κ1) is 40.9. The summed E-state index contributed by atoms with van der Waals surface area (Å²) in [6, 6.07) is 6.71. The molecule has 0 aromatic heterocycles. The van der Waals surface area contributed by atoms with Gasteiger partial charge in [-0.05, 0) is 43.4 Å². The average molecular weight is 568 g/mol. The predicted molar refractivity (Wildman–Crippen MR) is 141 cm³/mol. The predicted octanol–water partition coefficient (Wildman–Crippen LogP) is 1.11. The van der Waals surface area contributed by atoms with Gasteiger partial charge >= 0.3 is 59.2 Å². The van der Waals surface area contributed by atoms with E-state index in [9.17, 15) is 19.3 Å². The zero-order chi connectivity index (χ0) is 27.4. The van der Waals surface area contributed by atoms with Crippen molar-refractivity contribution in [1.29, 1.82) is 0 Å².